The molecule has 0 spiro atoms. The molecule has 0 aromatic carbocycles. The monoisotopic (exact) mass is 273 g/mol. The quantitative estimate of drug-likeness (QED) is 0.469. The van der Waals surface area contributed by atoms with Crippen molar-refractivity contribution in [3.05, 3.63) is 22.7 Å². The van der Waals surface area contributed by atoms with Gasteiger partial charge in [-0.2, -0.15) is 4.98 Å². The molecule has 0 radical (unpaired) electrons. The second-order valence-electron chi connectivity index (χ2n) is 4.73. The lowest BCUT2D eigenvalue weighted by Crippen LogP contribution is -2.38. The van der Waals surface area contributed by atoms with Crippen LogP contribution in [0.2, 0.25) is 0 Å². The molecule has 2 aliphatic rings. The molecular weight excluding hydrogens is 261 g/mol. The lowest BCUT2D eigenvalue weighted by atomic mass is 10.1. The molecule has 3 rings (SSSR count). The number of hydrogen-bond donors (Lipinski definition) is 4. The van der Waals surface area contributed by atoms with E-state index in [9.17, 15) is 19.4 Å². The van der Waals surface area contributed by atoms with Gasteiger partial charge < -0.3 is 25.8 Å². The van der Waals surface area contributed by atoms with Crippen molar-refractivity contribution in [2.45, 2.75) is 29.7 Å². The van der Waals surface area contributed by atoms with Gasteiger partial charge in [-0.15, -0.1) is 0 Å². The van der Waals surface area contributed by atoms with Crippen molar-refractivity contribution in [3.8, 4) is 0 Å². The molecule has 5 unspecified atom stereocenters. The SMILES string of the molecule is Nc1ccn(C2OC3(CO)C(O)C3(O)C2F)c(=O)n1. The molecular formula is C10H12FN3O5. The van der Waals surface area contributed by atoms with E-state index >= 15 is 0 Å². The van der Waals surface area contributed by atoms with Crippen LogP contribution in [0.3, 0.4) is 0 Å². The lowest BCUT2D eigenvalue weighted by molar-refractivity contribution is -0.107. The largest absolute Gasteiger partial charge is 0.393 e. The molecule has 8 nitrogen and oxygen atoms in total. The molecule has 1 aliphatic heterocycles. The highest BCUT2D eigenvalue weighted by atomic mass is 19.1. The number of aliphatic hydroxyl groups excluding tert-OH is 2. The predicted octanol–water partition coefficient (Wildman–Crippen LogP) is -2.47. The highest BCUT2D eigenvalue weighted by molar-refractivity contribution is 5.35. The van der Waals surface area contributed by atoms with E-state index in [2.05, 4.69) is 4.98 Å². The van der Waals surface area contributed by atoms with Gasteiger partial charge in [-0.25, -0.2) is 9.18 Å². The Kier molecular flexibility index (Phi) is 2.31. The van der Waals surface area contributed by atoms with Gasteiger partial charge in [-0.05, 0) is 6.07 Å². The first-order chi connectivity index (χ1) is 8.88. The summed E-state index contributed by atoms with van der Waals surface area (Å²) < 4.78 is 20.2. The van der Waals surface area contributed by atoms with E-state index < -0.39 is 42.0 Å². The number of rotatable bonds is 2. The maximum Gasteiger partial charge on any atom is 0.351 e. The Morgan fingerprint density at radius 3 is 2.84 bits per heavy atom. The zero-order valence-electron chi connectivity index (χ0n) is 9.60. The van der Waals surface area contributed by atoms with Crippen LogP contribution in [0.15, 0.2) is 17.1 Å². The van der Waals surface area contributed by atoms with E-state index in [0.717, 1.165) is 4.57 Å². The van der Waals surface area contributed by atoms with E-state index in [0.29, 0.717) is 0 Å². The van der Waals surface area contributed by atoms with Gasteiger partial charge in [-0.3, -0.25) is 4.57 Å². The van der Waals surface area contributed by atoms with Gasteiger partial charge in [0.25, 0.3) is 0 Å². The number of aliphatic hydroxyl groups is 3. The first-order valence-corrected chi connectivity index (χ1v) is 5.56. The predicted molar refractivity (Wildman–Crippen MR) is 58.7 cm³/mol. The summed E-state index contributed by atoms with van der Waals surface area (Å²) in [6.07, 6.45) is -3.90. The van der Waals surface area contributed by atoms with Crippen LogP contribution in [0.1, 0.15) is 6.23 Å². The smallest absolute Gasteiger partial charge is 0.351 e. The number of nitrogen functional groups attached to an aromatic ring is 1. The van der Waals surface area contributed by atoms with E-state index in [1.807, 2.05) is 0 Å². The summed E-state index contributed by atoms with van der Waals surface area (Å²) in [5.41, 5.74) is 0.453. The topological polar surface area (TPSA) is 131 Å². The molecule has 0 bridgehead atoms. The van der Waals surface area contributed by atoms with Crippen LogP contribution in [0.4, 0.5) is 10.2 Å². The minimum Gasteiger partial charge on any atom is -0.393 e. The zero-order chi connectivity index (χ0) is 14.0. The summed E-state index contributed by atoms with van der Waals surface area (Å²) in [5, 5.41) is 28.6. The Bertz CT molecular complexity index is 591. The summed E-state index contributed by atoms with van der Waals surface area (Å²) in [6.45, 7) is -0.765. The summed E-state index contributed by atoms with van der Waals surface area (Å²) in [6, 6.07) is 1.27. The average Bonchev–Trinajstić information content (AvgIpc) is 2.73. The number of ether oxygens (including phenoxy) is 1. The summed E-state index contributed by atoms with van der Waals surface area (Å²) in [5.74, 6) is -0.0320. The molecule has 1 saturated heterocycles. The van der Waals surface area contributed by atoms with E-state index in [1.54, 1.807) is 0 Å². The standard InChI is InChI=1S/C10H12FN3O5/c11-5-6(14-2-1-4(12)13-8(14)17)19-9(3-15)7(16)10(5,9)18/h1-2,5-7,15-16,18H,3H2,(H2,12,13,17). The molecule has 2 fully saturated rings. The molecule has 9 heteroatoms. The zero-order valence-corrected chi connectivity index (χ0v) is 9.60. The van der Waals surface area contributed by atoms with Crippen molar-refractivity contribution in [1.82, 2.24) is 9.55 Å². The fourth-order valence-electron chi connectivity index (χ4n) is 2.60. The van der Waals surface area contributed by atoms with E-state index in [-0.39, 0.29) is 5.82 Å². The van der Waals surface area contributed by atoms with Gasteiger partial charge in [0.05, 0.1) is 6.61 Å². The van der Waals surface area contributed by atoms with E-state index in [1.165, 1.54) is 12.3 Å². The van der Waals surface area contributed by atoms with Gasteiger partial charge in [0, 0.05) is 6.20 Å². The molecule has 1 aromatic heterocycles. The second kappa shape index (κ2) is 3.51. The van der Waals surface area contributed by atoms with Crippen molar-refractivity contribution in [2.24, 2.45) is 0 Å². The fraction of sp³-hybridized carbons (Fsp3) is 0.600. The van der Waals surface area contributed by atoms with Gasteiger partial charge in [0.1, 0.15) is 11.9 Å². The van der Waals surface area contributed by atoms with Gasteiger partial charge in [0.15, 0.2) is 23.6 Å². The minimum absolute atomic E-state index is 0.0320. The highest BCUT2D eigenvalue weighted by Crippen LogP contribution is 2.62. The number of fused-ring (bicyclic) bond motifs is 1. The van der Waals surface area contributed by atoms with E-state index in [4.69, 9.17) is 15.6 Å². The van der Waals surface area contributed by atoms with Gasteiger partial charge >= 0.3 is 5.69 Å². The maximum atomic E-state index is 14.2. The van der Waals surface area contributed by atoms with Crippen LogP contribution in [0.5, 0.6) is 0 Å². The number of hydrogen-bond acceptors (Lipinski definition) is 7. The Morgan fingerprint density at radius 1 is 1.63 bits per heavy atom. The molecule has 1 aromatic rings. The van der Waals surface area contributed by atoms with Crippen LogP contribution in [-0.4, -0.2) is 55.0 Å². The Hall–Kier alpha value is -1.55. The molecule has 5 N–H and O–H groups in total. The third-order valence-electron chi connectivity index (χ3n) is 3.82. The first-order valence-electron chi connectivity index (χ1n) is 5.56. The second-order valence-corrected chi connectivity index (χ2v) is 4.73. The molecule has 19 heavy (non-hydrogen) atoms. The van der Waals surface area contributed by atoms with Crippen molar-refractivity contribution < 1.29 is 24.4 Å². The van der Waals surface area contributed by atoms with Crippen LogP contribution in [0, 0.1) is 0 Å². The maximum absolute atomic E-state index is 14.2. The summed E-state index contributed by atoms with van der Waals surface area (Å²) in [7, 11) is 0. The molecule has 0 amide bonds. The summed E-state index contributed by atoms with van der Waals surface area (Å²) >= 11 is 0. The highest BCUT2D eigenvalue weighted by Gasteiger charge is 2.88. The van der Waals surface area contributed by atoms with Crippen molar-refractivity contribution in [1.29, 1.82) is 0 Å². The van der Waals surface area contributed by atoms with Crippen molar-refractivity contribution in [3.63, 3.8) is 0 Å². The first kappa shape index (κ1) is 12.5. The fourth-order valence-corrected chi connectivity index (χ4v) is 2.60. The van der Waals surface area contributed by atoms with Crippen LogP contribution < -0.4 is 11.4 Å². The third-order valence-corrected chi connectivity index (χ3v) is 3.82. The third kappa shape index (κ3) is 1.25. The normalized spacial score (nSPS) is 44.1. The van der Waals surface area contributed by atoms with Crippen LogP contribution in [0.25, 0.3) is 0 Å². The Morgan fingerprint density at radius 2 is 2.32 bits per heavy atom. The van der Waals surface area contributed by atoms with Crippen LogP contribution in [-0.2, 0) is 4.74 Å². The number of alkyl halides is 1. The number of nitrogens with zero attached hydrogens (tertiary/aromatic N) is 2. The van der Waals surface area contributed by atoms with Crippen LogP contribution >= 0.6 is 0 Å². The molecule has 1 aliphatic carbocycles. The van der Waals surface area contributed by atoms with Gasteiger partial charge in [0.2, 0.25) is 0 Å². The lowest BCUT2D eigenvalue weighted by Gasteiger charge is -2.21. The molecule has 5 atom stereocenters. The van der Waals surface area contributed by atoms with Crippen molar-refractivity contribution in [2.75, 3.05) is 12.3 Å². The average molecular weight is 273 g/mol. The number of halogens is 1. The molecule has 2 heterocycles. The number of nitrogens with two attached hydrogens (primary N) is 1. The Labute approximate surface area is 105 Å². The number of aromatic nitrogens is 2. The minimum atomic E-state index is -2.22. The van der Waals surface area contributed by atoms with Gasteiger partial charge in [-0.1, -0.05) is 0 Å². The summed E-state index contributed by atoms with van der Waals surface area (Å²) in [4.78, 5) is 15.0. The molecule has 104 valence electrons. The Balaban J connectivity index is 2.00. The van der Waals surface area contributed by atoms with Crippen molar-refractivity contribution >= 4 is 5.82 Å². The molecule has 1 saturated carbocycles. The number of anilines is 1.